The minimum Gasteiger partial charge on any atom is -0.397 e. The van der Waals surface area contributed by atoms with Crippen LogP contribution in [0.4, 0.5) is 11.4 Å². The predicted octanol–water partition coefficient (Wildman–Crippen LogP) is -0.0234. The highest BCUT2D eigenvalue weighted by Gasteiger charge is 2.18. The van der Waals surface area contributed by atoms with Crippen molar-refractivity contribution in [2.75, 3.05) is 43.4 Å². The Hall–Kier alpha value is -1.31. The zero-order chi connectivity index (χ0) is 13.9. The number of hydrogen-bond donors (Lipinski definition) is 3. The fourth-order valence-electron chi connectivity index (χ4n) is 2.14. The quantitative estimate of drug-likeness (QED) is 0.676. The molecule has 1 saturated heterocycles. The highest BCUT2D eigenvalue weighted by Crippen LogP contribution is 2.26. The van der Waals surface area contributed by atoms with E-state index < -0.39 is 10.0 Å². The van der Waals surface area contributed by atoms with Crippen LogP contribution in [0.5, 0.6) is 0 Å². The van der Waals surface area contributed by atoms with Crippen molar-refractivity contribution in [3.8, 4) is 0 Å². The van der Waals surface area contributed by atoms with E-state index in [1.807, 2.05) is 0 Å². The first-order valence-electron chi connectivity index (χ1n) is 6.39. The summed E-state index contributed by atoms with van der Waals surface area (Å²) in [5, 5.41) is 3.26. The molecule has 0 aromatic heterocycles. The van der Waals surface area contributed by atoms with Crippen molar-refractivity contribution in [2.45, 2.75) is 11.8 Å². The standard InChI is InChI=1S/C12H20N4O2S/c1-2-15-19(17,18)10-3-4-11(13)12(9-10)16-7-5-14-6-8-16/h3-4,9,14-15H,2,5-8,13H2,1H3. The Morgan fingerprint density at radius 3 is 2.68 bits per heavy atom. The lowest BCUT2D eigenvalue weighted by Crippen LogP contribution is -2.43. The number of nitrogens with one attached hydrogen (secondary N) is 2. The first kappa shape index (κ1) is 14.1. The SMILES string of the molecule is CCNS(=O)(=O)c1ccc(N)c(N2CCNCC2)c1. The zero-order valence-electron chi connectivity index (χ0n) is 11.0. The monoisotopic (exact) mass is 284 g/mol. The van der Waals surface area contributed by atoms with Crippen molar-refractivity contribution in [3.63, 3.8) is 0 Å². The number of nitrogen functional groups attached to an aromatic ring is 1. The molecule has 1 aromatic carbocycles. The summed E-state index contributed by atoms with van der Waals surface area (Å²) in [6.45, 7) is 5.54. The second kappa shape index (κ2) is 5.77. The number of rotatable bonds is 4. The number of anilines is 2. The smallest absolute Gasteiger partial charge is 0.240 e. The molecule has 106 valence electrons. The van der Waals surface area contributed by atoms with E-state index in [9.17, 15) is 8.42 Å². The first-order valence-corrected chi connectivity index (χ1v) is 7.88. The molecule has 0 bridgehead atoms. The van der Waals surface area contributed by atoms with E-state index in [1.165, 1.54) is 0 Å². The van der Waals surface area contributed by atoms with E-state index in [2.05, 4.69) is 14.9 Å². The second-order valence-electron chi connectivity index (χ2n) is 4.46. The third-order valence-electron chi connectivity index (χ3n) is 3.10. The summed E-state index contributed by atoms with van der Waals surface area (Å²) in [4.78, 5) is 2.37. The molecule has 1 heterocycles. The molecule has 19 heavy (non-hydrogen) atoms. The van der Waals surface area contributed by atoms with E-state index in [0.29, 0.717) is 12.2 Å². The molecule has 1 fully saturated rings. The maximum atomic E-state index is 12.0. The van der Waals surface area contributed by atoms with Crippen LogP contribution in [-0.2, 0) is 10.0 Å². The maximum Gasteiger partial charge on any atom is 0.240 e. The molecule has 0 atom stereocenters. The number of nitrogens with two attached hydrogens (primary N) is 1. The summed E-state index contributed by atoms with van der Waals surface area (Å²) in [7, 11) is -3.44. The van der Waals surface area contributed by atoms with Crippen LogP contribution in [0.2, 0.25) is 0 Å². The van der Waals surface area contributed by atoms with E-state index >= 15 is 0 Å². The highest BCUT2D eigenvalue weighted by molar-refractivity contribution is 7.89. The van der Waals surface area contributed by atoms with Crippen molar-refractivity contribution in [3.05, 3.63) is 18.2 Å². The van der Waals surface area contributed by atoms with Crippen LogP contribution in [0.3, 0.4) is 0 Å². The van der Waals surface area contributed by atoms with Crippen LogP contribution in [0.1, 0.15) is 6.92 Å². The van der Waals surface area contributed by atoms with Crippen LogP contribution in [0.25, 0.3) is 0 Å². The van der Waals surface area contributed by atoms with Crippen LogP contribution < -0.4 is 20.7 Å². The zero-order valence-corrected chi connectivity index (χ0v) is 11.8. The molecule has 7 heteroatoms. The van der Waals surface area contributed by atoms with Gasteiger partial charge in [-0.3, -0.25) is 0 Å². The molecule has 0 saturated carbocycles. The Bertz CT molecular complexity index is 539. The van der Waals surface area contributed by atoms with Gasteiger partial charge in [-0.15, -0.1) is 0 Å². The number of piperazine rings is 1. The molecule has 1 aliphatic rings. The van der Waals surface area contributed by atoms with Crippen LogP contribution in [0.15, 0.2) is 23.1 Å². The van der Waals surface area contributed by atoms with Gasteiger partial charge in [-0.05, 0) is 18.2 Å². The van der Waals surface area contributed by atoms with Gasteiger partial charge >= 0.3 is 0 Å². The van der Waals surface area contributed by atoms with Crippen molar-refractivity contribution in [1.82, 2.24) is 10.0 Å². The molecule has 0 aliphatic carbocycles. The van der Waals surface area contributed by atoms with Crippen LogP contribution in [0, 0.1) is 0 Å². The Morgan fingerprint density at radius 1 is 1.37 bits per heavy atom. The van der Waals surface area contributed by atoms with Gasteiger partial charge in [0, 0.05) is 32.7 Å². The summed E-state index contributed by atoms with van der Waals surface area (Å²) in [6.07, 6.45) is 0. The van der Waals surface area contributed by atoms with E-state index in [4.69, 9.17) is 5.73 Å². The van der Waals surface area contributed by atoms with Gasteiger partial charge in [-0.2, -0.15) is 0 Å². The Balaban J connectivity index is 2.34. The van der Waals surface area contributed by atoms with Gasteiger partial charge in [-0.1, -0.05) is 6.92 Å². The Labute approximate surface area is 114 Å². The number of nitrogens with zero attached hydrogens (tertiary/aromatic N) is 1. The predicted molar refractivity (Wildman–Crippen MR) is 76.8 cm³/mol. The van der Waals surface area contributed by atoms with Crippen molar-refractivity contribution in [2.24, 2.45) is 0 Å². The molecule has 1 aromatic rings. The summed E-state index contributed by atoms with van der Waals surface area (Å²) < 4.78 is 26.5. The summed E-state index contributed by atoms with van der Waals surface area (Å²) in [6, 6.07) is 4.85. The maximum absolute atomic E-state index is 12.0. The molecule has 2 rings (SSSR count). The summed E-state index contributed by atoms with van der Waals surface area (Å²) in [5.74, 6) is 0. The lowest BCUT2D eigenvalue weighted by molar-refractivity contribution is 0.582. The van der Waals surface area contributed by atoms with Crippen LogP contribution >= 0.6 is 0 Å². The van der Waals surface area contributed by atoms with Gasteiger partial charge in [0.1, 0.15) is 0 Å². The summed E-state index contributed by atoms with van der Waals surface area (Å²) in [5.41, 5.74) is 7.36. The van der Waals surface area contributed by atoms with Crippen LogP contribution in [-0.4, -0.2) is 41.1 Å². The van der Waals surface area contributed by atoms with E-state index in [0.717, 1.165) is 31.9 Å². The molecule has 0 amide bonds. The third kappa shape index (κ3) is 3.17. The van der Waals surface area contributed by atoms with Gasteiger partial charge < -0.3 is 16.0 Å². The van der Waals surface area contributed by atoms with Gasteiger partial charge in [-0.25, -0.2) is 13.1 Å². The normalized spacial score (nSPS) is 16.6. The molecule has 1 aliphatic heterocycles. The first-order chi connectivity index (χ1) is 9.04. The molecule has 6 nitrogen and oxygen atoms in total. The van der Waals surface area contributed by atoms with Gasteiger partial charge in [0.05, 0.1) is 16.3 Å². The number of hydrogen-bond acceptors (Lipinski definition) is 5. The average Bonchev–Trinajstić information content (AvgIpc) is 2.40. The van der Waals surface area contributed by atoms with Crippen molar-refractivity contribution in [1.29, 1.82) is 0 Å². The van der Waals surface area contributed by atoms with Crippen molar-refractivity contribution < 1.29 is 8.42 Å². The minimum atomic E-state index is -3.44. The molecule has 0 radical (unpaired) electrons. The average molecular weight is 284 g/mol. The Morgan fingerprint density at radius 2 is 2.05 bits per heavy atom. The van der Waals surface area contributed by atoms with E-state index in [1.54, 1.807) is 25.1 Å². The third-order valence-corrected chi connectivity index (χ3v) is 4.65. The lowest BCUT2D eigenvalue weighted by atomic mass is 10.2. The fourth-order valence-corrected chi connectivity index (χ4v) is 3.20. The highest BCUT2D eigenvalue weighted by atomic mass is 32.2. The number of sulfonamides is 1. The summed E-state index contributed by atoms with van der Waals surface area (Å²) >= 11 is 0. The van der Waals surface area contributed by atoms with E-state index in [-0.39, 0.29) is 4.90 Å². The topological polar surface area (TPSA) is 87.5 Å². The molecular formula is C12H20N4O2S. The molecule has 0 spiro atoms. The van der Waals surface area contributed by atoms with Crippen molar-refractivity contribution >= 4 is 21.4 Å². The molecular weight excluding hydrogens is 264 g/mol. The molecule has 0 unspecified atom stereocenters. The second-order valence-corrected chi connectivity index (χ2v) is 6.23. The fraction of sp³-hybridized carbons (Fsp3) is 0.500. The largest absolute Gasteiger partial charge is 0.397 e. The van der Waals surface area contributed by atoms with Gasteiger partial charge in [0.15, 0.2) is 0 Å². The van der Waals surface area contributed by atoms with Gasteiger partial charge in [0.25, 0.3) is 0 Å². The van der Waals surface area contributed by atoms with Gasteiger partial charge in [0.2, 0.25) is 10.0 Å². The number of benzene rings is 1. The Kier molecular flexibility index (Phi) is 4.28. The molecule has 4 N–H and O–H groups in total. The minimum absolute atomic E-state index is 0.261. The lowest BCUT2D eigenvalue weighted by Gasteiger charge is -2.30.